The highest BCUT2D eigenvalue weighted by Gasteiger charge is 2.19. The van der Waals surface area contributed by atoms with Crippen molar-refractivity contribution >= 4 is 17.3 Å². The number of benzene rings is 1. The van der Waals surface area contributed by atoms with E-state index in [0.29, 0.717) is 5.75 Å². The van der Waals surface area contributed by atoms with Crippen molar-refractivity contribution in [2.24, 2.45) is 5.73 Å². The van der Waals surface area contributed by atoms with Crippen LogP contribution in [0.4, 0.5) is 11.4 Å². The van der Waals surface area contributed by atoms with Crippen molar-refractivity contribution in [2.45, 2.75) is 25.8 Å². The number of nitrogens with one attached hydrogen (secondary N) is 1. The molecule has 1 amide bonds. The van der Waals surface area contributed by atoms with E-state index in [4.69, 9.17) is 10.5 Å². The molecule has 104 valence electrons. The van der Waals surface area contributed by atoms with Crippen LogP contribution < -0.4 is 15.8 Å². The number of carbonyl (C=O) groups is 1. The first-order chi connectivity index (χ1) is 8.73. The Morgan fingerprint density at radius 3 is 2.63 bits per heavy atom. The summed E-state index contributed by atoms with van der Waals surface area (Å²) in [6, 6.07) is 3.99. The Hall–Kier alpha value is -2.15. The monoisotopic (exact) mass is 267 g/mol. The first kappa shape index (κ1) is 14.9. The average molecular weight is 267 g/mol. The first-order valence-corrected chi connectivity index (χ1v) is 5.64. The third kappa shape index (κ3) is 4.55. The van der Waals surface area contributed by atoms with Crippen LogP contribution in [0.25, 0.3) is 0 Å². The van der Waals surface area contributed by atoms with E-state index in [1.165, 1.54) is 25.3 Å². The number of nitrogens with zero attached hydrogens (tertiary/aromatic N) is 1. The molecule has 0 atom stereocenters. The minimum atomic E-state index is -0.655. The Balaban J connectivity index is 2.95. The molecular formula is C12H17N3O4. The van der Waals surface area contributed by atoms with Gasteiger partial charge < -0.3 is 15.8 Å². The number of non-ortho nitro benzene ring substituents is 1. The van der Waals surface area contributed by atoms with Crippen molar-refractivity contribution in [3.05, 3.63) is 28.3 Å². The van der Waals surface area contributed by atoms with E-state index in [1.54, 1.807) is 13.8 Å². The second-order valence-electron chi connectivity index (χ2n) is 4.86. The highest BCUT2D eigenvalue weighted by atomic mass is 16.6. The van der Waals surface area contributed by atoms with Gasteiger partial charge in [-0.2, -0.15) is 0 Å². The van der Waals surface area contributed by atoms with Crippen molar-refractivity contribution in [2.75, 3.05) is 12.4 Å². The highest BCUT2D eigenvalue weighted by molar-refractivity contribution is 5.93. The molecule has 7 nitrogen and oxygen atoms in total. The number of carbonyl (C=O) groups excluding carboxylic acids is 1. The summed E-state index contributed by atoms with van der Waals surface area (Å²) in [5.74, 6) is 0.0278. The van der Waals surface area contributed by atoms with Crippen molar-refractivity contribution < 1.29 is 14.5 Å². The minimum absolute atomic E-state index is 0.0961. The number of anilines is 1. The zero-order valence-electron chi connectivity index (χ0n) is 11.1. The third-order valence-corrected chi connectivity index (χ3v) is 2.28. The van der Waals surface area contributed by atoms with Crippen LogP contribution in [0.2, 0.25) is 0 Å². The van der Waals surface area contributed by atoms with Crippen LogP contribution in [0.15, 0.2) is 18.2 Å². The molecule has 0 unspecified atom stereocenters. The van der Waals surface area contributed by atoms with Crippen LogP contribution in [-0.4, -0.2) is 23.5 Å². The normalized spacial score (nSPS) is 10.9. The topological polar surface area (TPSA) is 107 Å². The van der Waals surface area contributed by atoms with Gasteiger partial charge in [-0.3, -0.25) is 14.9 Å². The lowest BCUT2D eigenvalue weighted by Gasteiger charge is -2.18. The maximum Gasteiger partial charge on any atom is 0.271 e. The largest absolute Gasteiger partial charge is 0.495 e. The number of nitro groups is 1. The highest BCUT2D eigenvalue weighted by Crippen LogP contribution is 2.29. The van der Waals surface area contributed by atoms with Crippen molar-refractivity contribution in [3.8, 4) is 5.75 Å². The standard InChI is InChI=1S/C12H17N3O4/c1-12(2,13)7-11(16)14-9-6-8(15(17)18)4-5-10(9)19-3/h4-6H,7,13H2,1-3H3,(H,14,16). The maximum atomic E-state index is 11.8. The van der Waals surface area contributed by atoms with Crippen molar-refractivity contribution in [3.63, 3.8) is 0 Å². The van der Waals surface area contributed by atoms with E-state index < -0.39 is 10.5 Å². The summed E-state index contributed by atoms with van der Waals surface area (Å²) >= 11 is 0. The Labute approximate surface area is 110 Å². The zero-order valence-corrected chi connectivity index (χ0v) is 11.1. The summed E-state index contributed by atoms with van der Waals surface area (Å²) in [6.07, 6.45) is 0.0961. The van der Waals surface area contributed by atoms with E-state index >= 15 is 0 Å². The lowest BCUT2D eigenvalue weighted by atomic mass is 10.0. The molecule has 0 aliphatic heterocycles. The molecule has 0 heterocycles. The van der Waals surface area contributed by atoms with Gasteiger partial charge in [0.05, 0.1) is 17.7 Å². The smallest absolute Gasteiger partial charge is 0.271 e. The molecule has 0 saturated carbocycles. The van der Waals surface area contributed by atoms with Gasteiger partial charge in [-0.25, -0.2) is 0 Å². The second-order valence-corrected chi connectivity index (χ2v) is 4.86. The number of rotatable bonds is 5. The van der Waals surface area contributed by atoms with E-state index in [-0.39, 0.29) is 23.7 Å². The fourth-order valence-corrected chi connectivity index (χ4v) is 1.52. The van der Waals surface area contributed by atoms with Gasteiger partial charge in [0.15, 0.2) is 0 Å². The Kier molecular flexibility index (Phi) is 4.44. The van der Waals surface area contributed by atoms with Crippen molar-refractivity contribution in [1.82, 2.24) is 0 Å². The van der Waals surface area contributed by atoms with Crippen LogP contribution in [0.5, 0.6) is 5.75 Å². The number of methoxy groups -OCH3 is 1. The lowest BCUT2D eigenvalue weighted by Crippen LogP contribution is -2.36. The van der Waals surface area contributed by atoms with E-state index in [0.717, 1.165) is 0 Å². The molecule has 0 aromatic heterocycles. The zero-order chi connectivity index (χ0) is 14.6. The summed E-state index contributed by atoms with van der Waals surface area (Å²) in [5.41, 5.74) is 5.22. The SMILES string of the molecule is COc1ccc([N+](=O)[O-])cc1NC(=O)CC(C)(C)N. The predicted molar refractivity (Wildman–Crippen MR) is 71.2 cm³/mol. The fraction of sp³-hybridized carbons (Fsp3) is 0.417. The van der Waals surface area contributed by atoms with Gasteiger partial charge in [0.25, 0.3) is 5.69 Å². The summed E-state index contributed by atoms with van der Waals surface area (Å²) < 4.78 is 5.04. The fourth-order valence-electron chi connectivity index (χ4n) is 1.52. The first-order valence-electron chi connectivity index (χ1n) is 5.64. The second kappa shape index (κ2) is 5.66. The summed E-state index contributed by atoms with van der Waals surface area (Å²) in [6.45, 7) is 3.44. The molecule has 3 N–H and O–H groups in total. The molecule has 0 aliphatic rings. The quantitative estimate of drug-likeness (QED) is 0.623. The van der Waals surface area contributed by atoms with E-state index in [1.807, 2.05) is 0 Å². The van der Waals surface area contributed by atoms with Gasteiger partial charge in [-0.15, -0.1) is 0 Å². The molecule has 0 spiro atoms. The number of hydrogen-bond acceptors (Lipinski definition) is 5. The van der Waals surface area contributed by atoms with Gasteiger partial charge >= 0.3 is 0 Å². The number of nitrogens with two attached hydrogens (primary N) is 1. The lowest BCUT2D eigenvalue weighted by molar-refractivity contribution is -0.384. The molecule has 1 rings (SSSR count). The van der Waals surface area contributed by atoms with Crippen LogP contribution >= 0.6 is 0 Å². The molecule has 1 aromatic carbocycles. The summed E-state index contributed by atoms with van der Waals surface area (Å²) in [7, 11) is 1.42. The van der Waals surface area contributed by atoms with Gasteiger partial charge in [-0.05, 0) is 19.9 Å². The average Bonchev–Trinajstić information content (AvgIpc) is 2.26. The van der Waals surface area contributed by atoms with Crippen LogP contribution in [0.3, 0.4) is 0 Å². The van der Waals surface area contributed by atoms with Crippen molar-refractivity contribution in [1.29, 1.82) is 0 Å². The van der Waals surface area contributed by atoms with Crippen LogP contribution in [0.1, 0.15) is 20.3 Å². The predicted octanol–water partition coefficient (Wildman–Crippen LogP) is 1.67. The third-order valence-electron chi connectivity index (χ3n) is 2.28. The molecule has 0 aliphatic carbocycles. The van der Waals surface area contributed by atoms with Gasteiger partial charge in [0.2, 0.25) is 5.91 Å². The number of nitro benzene ring substituents is 1. The van der Waals surface area contributed by atoms with E-state index in [9.17, 15) is 14.9 Å². The molecular weight excluding hydrogens is 250 g/mol. The molecule has 1 aromatic rings. The number of amides is 1. The molecule has 0 saturated heterocycles. The Morgan fingerprint density at radius 1 is 1.53 bits per heavy atom. The van der Waals surface area contributed by atoms with Gasteiger partial charge in [0.1, 0.15) is 5.75 Å². The Morgan fingerprint density at radius 2 is 2.16 bits per heavy atom. The van der Waals surface area contributed by atoms with Crippen LogP contribution in [-0.2, 0) is 4.79 Å². The molecule has 0 radical (unpaired) electrons. The summed E-state index contributed by atoms with van der Waals surface area (Å²) in [4.78, 5) is 21.9. The minimum Gasteiger partial charge on any atom is -0.495 e. The molecule has 7 heteroatoms. The number of ether oxygens (including phenoxy) is 1. The molecule has 0 bridgehead atoms. The van der Waals surface area contributed by atoms with Crippen LogP contribution in [0, 0.1) is 10.1 Å². The van der Waals surface area contributed by atoms with E-state index in [2.05, 4.69) is 5.32 Å². The summed E-state index contributed by atoms with van der Waals surface area (Å²) in [5, 5.41) is 13.3. The maximum absolute atomic E-state index is 11.8. The molecule has 19 heavy (non-hydrogen) atoms. The Bertz CT molecular complexity index is 494. The molecule has 0 fully saturated rings. The van der Waals surface area contributed by atoms with Gasteiger partial charge in [0, 0.05) is 24.1 Å². The number of hydrogen-bond donors (Lipinski definition) is 2. The van der Waals surface area contributed by atoms with Gasteiger partial charge in [-0.1, -0.05) is 0 Å².